The summed E-state index contributed by atoms with van der Waals surface area (Å²) in [6.07, 6.45) is -0.758. The summed E-state index contributed by atoms with van der Waals surface area (Å²) >= 11 is 0. The van der Waals surface area contributed by atoms with Gasteiger partial charge < -0.3 is 30.3 Å². The Bertz CT molecular complexity index is 1640. The first-order chi connectivity index (χ1) is 22.0. The predicted molar refractivity (Wildman–Crippen MR) is 179 cm³/mol. The highest BCUT2D eigenvalue weighted by Crippen LogP contribution is 2.43. The highest BCUT2D eigenvalue weighted by molar-refractivity contribution is 6.03. The van der Waals surface area contributed by atoms with Gasteiger partial charge in [0, 0.05) is 17.5 Å². The molecule has 1 heterocycles. The van der Waals surface area contributed by atoms with Gasteiger partial charge in [-0.2, -0.15) is 4.99 Å². The third-order valence-electron chi connectivity index (χ3n) is 8.21. The third-order valence-corrected chi connectivity index (χ3v) is 8.21. The number of benzene rings is 2. The molecule has 0 spiro atoms. The molecular weight excluding hydrogens is 618 g/mol. The summed E-state index contributed by atoms with van der Waals surface area (Å²) in [6, 6.07) is 10.0. The lowest BCUT2D eigenvalue weighted by Gasteiger charge is -2.53. The van der Waals surface area contributed by atoms with E-state index >= 15 is 0 Å². The van der Waals surface area contributed by atoms with Crippen LogP contribution in [0, 0.1) is 5.41 Å². The number of hydrogen-bond donors (Lipinski definition) is 3. The average molecular weight is 666 g/mol. The number of fused-ring (bicyclic) bond motifs is 2. The van der Waals surface area contributed by atoms with Crippen molar-refractivity contribution in [2.24, 2.45) is 16.1 Å². The number of hydrogen-bond acceptors (Lipinski definition) is 7. The van der Waals surface area contributed by atoms with Gasteiger partial charge in [0.15, 0.2) is 5.54 Å². The molecule has 3 rings (SSSR count). The van der Waals surface area contributed by atoms with Gasteiger partial charge in [-0.3, -0.25) is 9.59 Å². The van der Waals surface area contributed by atoms with Crippen molar-refractivity contribution in [2.45, 2.75) is 111 Å². The fourth-order valence-corrected chi connectivity index (χ4v) is 6.15. The van der Waals surface area contributed by atoms with E-state index in [-0.39, 0.29) is 18.7 Å². The fraction of sp³-hybridized carbons (Fsp3) is 0.500. The van der Waals surface area contributed by atoms with Gasteiger partial charge in [-0.05, 0) is 107 Å². The third kappa shape index (κ3) is 8.39. The molecule has 2 aromatic carbocycles. The van der Waals surface area contributed by atoms with Gasteiger partial charge in [0.25, 0.3) is 0 Å². The second kappa shape index (κ2) is 13.8. The number of rotatable bonds is 8. The van der Waals surface area contributed by atoms with Gasteiger partial charge in [-0.15, -0.1) is 0 Å². The topological polar surface area (TPSA) is 186 Å². The first-order valence-electron chi connectivity index (χ1n) is 15.8. The number of carbonyl (C=O) groups is 5. The summed E-state index contributed by atoms with van der Waals surface area (Å²) in [7, 11) is 0. The summed E-state index contributed by atoms with van der Waals surface area (Å²) in [4.78, 5) is 69.5. The van der Waals surface area contributed by atoms with Crippen molar-refractivity contribution in [3.8, 4) is 5.75 Å². The lowest BCUT2D eigenvalue weighted by Crippen LogP contribution is -2.69. The minimum atomic E-state index is -2.04. The van der Waals surface area contributed by atoms with Crippen LogP contribution in [0.1, 0.15) is 108 Å². The van der Waals surface area contributed by atoms with E-state index < -0.39 is 58.4 Å². The molecule has 2 amide bonds. The molecule has 0 bridgehead atoms. The molecule has 0 radical (unpaired) electrons. The SMILES string of the molecule is CC(C)(C)OC(=O)N=C(N)c1ccc2c(c1)CCc1c(CCC(=O)N(C(C)(C)C)[C@@](CC(=O)O)(C(=O)O)C(C)(C)C)cccc1C(=O)O2. The summed E-state index contributed by atoms with van der Waals surface area (Å²) in [5.41, 5.74) is 3.96. The quantitative estimate of drug-likeness (QED) is 0.140. The van der Waals surface area contributed by atoms with Crippen molar-refractivity contribution in [3.05, 3.63) is 64.2 Å². The Balaban J connectivity index is 1.95. The molecule has 48 heavy (non-hydrogen) atoms. The summed E-state index contributed by atoms with van der Waals surface area (Å²) in [5, 5.41) is 20.3. The summed E-state index contributed by atoms with van der Waals surface area (Å²) < 4.78 is 11.0. The first-order valence-corrected chi connectivity index (χ1v) is 15.8. The lowest BCUT2D eigenvalue weighted by atomic mass is 9.68. The van der Waals surface area contributed by atoms with Crippen LogP contribution < -0.4 is 10.5 Å². The summed E-state index contributed by atoms with van der Waals surface area (Å²) in [6.45, 7) is 15.0. The number of esters is 1. The number of carboxylic acids is 2. The van der Waals surface area contributed by atoms with Crippen molar-refractivity contribution in [1.29, 1.82) is 0 Å². The van der Waals surface area contributed by atoms with E-state index in [1.54, 1.807) is 98.7 Å². The first kappa shape index (κ1) is 37.7. The molecule has 0 unspecified atom stereocenters. The van der Waals surface area contributed by atoms with Gasteiger partial charge in [0.2, 0.25) is 5.91 Å². The zero-order valence-electron chi connectivity index (χ0n) is 29.2. The number of carbonyl (C=O) groups excluding carboxylic acids is 3. The molecule has 12 heteroatoms. The van der Waals surface area contributed by atoms with Crippen LogP contribution in [0.4, 0.5) is 4.79 Å². The Morgan fingerprint density at radius 3 is 2.15 bits per heavy atom. The van der Waals surface area contributed by atoms with Crippen molar-refractivity contribution in [2.75, 3.05) is 0 Å². The molecule has 0 saturated carbocycles. The van der Waals surface area contributed by atoms with Crippen LogP contribution in [0.5, 0.6) is 5.75 Å². The molecule has 0 saturated heterocycles. The number of carboxylic acid groups (broad SMARTS) is 2. The standard InChI is InChI=1S/C36H47N3O9/c1-33(2,3)36(31(44)45,20-28(41)42)39(34(4,5)6)27(40)18-15-21-11-10-12-25-24(21)16-13-22-19-23(14-17-26(22)47-30(25)43)29(37)38-32(46)48-35(7,8)9/h10-12,14,17,19H,13,15-16,18,20H2,1-9H3,(H,41,42)(H,44,45)(H2,37,38,46)/t36-/m0/s1. The zero-order chi connectivity index (χ0) is 36.4. The minimum Gasteiger partial charge on any atom is -0.481 e. The smallest absolute Gasteiger partial charge is 0.436 e. The molecule has 260 valence electrons. The molecule has 12 nitrogen and oxygen atoms in total. The lowest BCUT2D eigenvalue weighted by molar-refractivity contribution is -0.181. The van der Waals surface area contributed by atoms with Crippen LogP contribution in [0.3, 0.4) is 0 Å². The predicted octanol–water partition coefficient (Wildman–Crippen LogP) is 5.55. The van der Waals surface area contributed by atoms with Crippen LogP contribution in [-0.4, -0.2) is 67.5 Å². The van der Waals surface area contributed by atoms with Crippen molar-refractivity contribution < 1.29 is 43.7 Å². The second-order valence-electron chi connectivity index (χ2n) is 15.0. The number of ether oxygens (including phenoxy) is 2. The second-order valence-corrected chi connectivity index (χ2v) is 15.0. The summed E-state index contributed by atoms with van der Waals surface area (Å²) in [5.74, 6) is -3.56. The van der Waals surface area contributed by atoms with Gasteiger partial charge in [-0.25, -0.2) is 14.4 Å². The molecule has 0 aliphatic carbocycles. The maximum Gasteiger partial charge on any atom is 0.436 e. The minimum absolute atomic E-state index is 0.0565. The Labute approximate surface area is 281 Å². The van der Waals surface area contributed by atoms with Gasteiger partial charge in [0.05, 0.1) is 12.0 Å². The van der Waals surface area contributed by atoms with E-state index in [1.807, 2.05) is 0 Å². The van der Waals surface area contributed by atoms with E-state index in [4.69, 9.17) is 15.2 Å². The van der Waals surface area contributed by atoms with Crippen LogP contribution in [0.15, 0.2) is 41.4 Å². The van der Waals surface area contributed by atoms with Gasteiger partial charge >= 0.3 is 24.0 Å². The average Bonchev–Trinajstić information content (AvgIpc) is 2.91. The number of nitrogens with two attached hydrogens (primary N) is 1. The molecule has 2 aromatic rings. The normalized spacial score (nSPS) is 15.1. The monoisotopic (exact) mass is 665 g/mol. The van der Waals surface area contributed by atoms with Crippen LogP contribution in [0.2, 0.25) is 0 Å². The molecule has 1 aliphatic rings. The highest BCUT2D eigenvalue weighted by Gasteiger charge is 2.59. The van der Waals surface area contributed by atoms with Crippen LogP contribution in [0.25, 0.3) is 0 Å². The number of aliphatic imine (C=N–C) groups is 1. The maximum absolute atomic E-state index is 14.0. The molecule has 0 fully saturated rings. The molecule has 1 aliphatic heterocycles. The van der Waals surface area contributed by atoms with Gasteiger partial charge in [-0.1, -0.05) is 32.9 Å². The largest absolute Gasteiger partial charge is 0.481 e. The Morgan fingerprint density at radius 1 is 0.958 bits per heavy atom. The number of amidine groups is 1. The fourth-order valence-electron chi connectivity index (χ4n) is 6.15. The number of aliphatic carboxylic acids is 2. The highest BCUT2D eigenvalue weighted by atomic mass is 16.6. The van der Waals surface area contributed by atoms with Crippen molar-refractivity contribution in [1.82, 2.24) is 4.90 Å². The molecule has 0 aromatic heterocycles. The zero-order valence-corrected chi connectivity index (χ0v) is 29.2. The van der Waals surface area contributed by atoms with Crippen molar-refractivity contribution >= 4 is 35.7 Å². The van der Waals surface area contributed by atoms with E-state index in [0.717, 1.165) is 0 Å². The molecule has 4 N–H and O–H groups in total. The van der Waals surface area contributed by atoms with E-state index in [9.17, 15) is 34.2 Å². The van der Waals surface area contributed by atoms with Crippen LogP contribution in [-0.2, 0) is 38.4 Å². The number of aryl methyl sites for hydroxylation is 2. The van der Waals surface area contributed by atoms with Gasteiger partial charge in [0.1, 0.15) is 17.2 Å². The van der Waals surface area contributed by atoms with Crippen molar-refractivity contribution in [3.63, 3.8) is 0 Å². The molecular formula is C36H47N3O9. The Kier molecular flexibility index (Phi) is 10.8. The Hall–Kier alpha value is -4.74. The molecule has 1 atom stereocenters. The Morgan fingerprint density at radius 2 is 1.60 bits per heavy atom. The maximum atomic E-state index is 14.0. The number of nitrogens with zero attached hydrogens (tertiary/aromatic N) is 2. The number of amides is 2. The van der Waals surface area contributed by atoms with E-state index in [1.165, 1.54) is 4.90 Å². The van der Waals surface area contributed by atoms with E-state index in [0.29, 0.717) is 46.4 Å². The van der Waals surface area contributed by atoms with Crippen LogP contribution >= 0.6 is 0 Å². The van der Waals surface area contributed by atoms with E-state index in [2.05, 4.69) is 4.99 Å².